The number of para-hydroxylation sites is 1. The van der Waals surface area contributed by atoms with Gasteiger partial charge in [0.2, 0.25) is 0 Å². The zero-order valence-corrected chi connectivity index (χ0v) is 11.7. The van der Waals surface area contributed by atoms with E-state index in [9.17, 15) is 5.11 Å². The standard InChI is InChI=1S/C16H22N2O2/c1-2-12-20-14-16(19)13-17-8-10-18(11-9-17)15-6-4-3-5-7-15/h1,3-7,16,19H,8-14H2. The predicted molar refractivity (Wildman–Crippen MR) is 80.8 cm³/mol. The van der Waals surface area contributed by atoms with Crippen LogP contribution < -0.4 is 4.90 Å². The zero-order chi connectivity index (χ0) is 14.2. The third-order valence-electron chi connectivity index (χ3n) is 3.46. The van der Waals surface area contributed by atoms with Crippen molar-refractivity contribution in [3.8, 4) is 12.3 Å². The molecule has 0 bridgehead atoms. The van der Waals surface area contributed by atoms with E-state index in [-0.39, 0.29) is 6.61 Å². The molecule has 1 fully saturated rings. The van der Waals surface area contributed by atoms with Crippen LogP contribution in [0.4, 0.5) is 5.69 Å². The van der Waals surface area contributed by atoms with Crippen LogP contribution in [-0.2, 0) is 4.74 Å². The number of hydrogen-bond acceptors (Lipinski definition) is 4. The lowest BCUT2D eigenvalue weighted by Crippen LogP contribution is -2.49. The van der Waals surface area contributed by atoms with Gasteiger partial charge >= 0.3 is 0 Å². The molecule has 0 spiro atoms. The van der Waals surface area contributed by atoms with Crippen molar-refractivity contribution in [3.05, 3.63) is 30.3 Å². The van der Waals surface area contributed by atoms with Crippen molar-refractivity contribution in [3.63, 3.8) is 0 Å². The summed E-state index contributed by atoms with van der Waals surface area (Å²) in [6.07, 6.45) is 4.63. The second kappa shape index (κ2) is 7.91. The number of β-amino-alcohol motifs (C(OH)–C–C–N with tert-alkyl or cyclic N) is 1. The first-order valence-corrected chi connectivity index (χ1v) is 7.01. The summed E-state index contributed by atoms with van der Waals surface area (Å²) in [6, 6.07) is 10.4. The largest absolute Gasteiger partial charge is 0.389 e. The van der Waals surface area contributed by atoms with Gasteiger partial charge in [-0.1, -0.05) is 24.1 Å². The number of terminal acetylenes is 1. The molecule has 1 aliphatic rings. The summed E-state index contributed by atoms with van der Waals surface area (Å²) >= 11 is 0. The first kappa shape index (κ1) is 14.9. The summed E-state index contributed by atoms with van der Waals surface area (Å²) in [7, 11) is 0. The molecule has 1 aliphatic heterocycles. The number of hydrogen-bond donors (Lipinski definition) is 1. The van der Waals surface area contributed by atoms with E-state index in [0.29, 0.717) is 13.2 Å². The molecular weight excluding hydrogens is 252 g/mol. The third kappa shape index (κ3) is 4.53. The summed E-state index contributed by atoms with van der Waals surface area (Å²) in [4.78, 5) is 4.64. The van der Waals surface area contributed by atoms with Crippen molar-refractivity contribution in [1.29, 1.82) is 0 Å². The molecule has 1 saturated heterocycles. The Morgan fingerprint density at radius 2 is 1.90 bits per heavy atom. The van der Waals surface area contributed by atoms with Crippen LogP contribution in [0.25, 0.3) is 0 Å². The fraction of sp³-hybridized carbons (Fsp3) is 0.500. The molecule has 20 heavy (non-hydrogen) atoms. The van der Waals surface area contributed by atoms with Gasteiger partial charge in [0, 0.05) is 38.4 Å². The van der Waals surface area contributed by atoms with Gasteiger partial charge in [0.1, 0.15) is 6.61 Å². The Labute approximate surface area is 121 Å². The van der Waals surface area contributed by atoms with Crippen LogP contribution in [0.3, 0.4) is 0 Å². The number of benzene rings is 1. The molecule has 1 aromatic rings. The highest BCUT2D eigenvalue weighted by Crippen LogP contribution is 2.15. The van der Waals surface area contributed by atoms with E-state index >= 15 is 0 Å². The molecule has 0 aliphatic carbocycles. The Bertz CT molecular complexity index is 422. The van der Waals surface area contributed by atoms with Gasteiger partial charge in [-0.2, -0.15) is 0 Å². The van der Waals surface area contributed by atoms with E-state index in [1.807, 2.05) is 6.07 Å². The van der Waals surface area contributed by atoms with E-state index in [1.165, 1.54) is 5.69 Å². The van der Waals surface area contributed by atoms with Gasteiger partial charge in [0.25, 0.3) is 0 Å². The van der Waals surface area contributed by atoms with E-state index in [0.717, 1.165) is 26.2 Å². The van der Waals surface area contributed by atoms with Gasteiger partial charge in [-0.25, -0.2) is 0 Å². The minimum absolute atomic E-state index is 0.263. The lowest BCUT2D eigenvalue weighted by Gasteiger charge is -2.36. The summed E-state index contributed by atoms with van der Waals surface area (Å²) < 4.78 is 5.15. The SMILES string of the molecule is C#CCOCC(O)CN1CCN(c2ccccc2)CC1. The monoisotopic (exact) mass is 274 g/mol. The first-order chi connectivity index (χ1) is 9.79. The lowest BCUT2D eigenvalue weighted by atomic mass is 10.2. The van der Waals surface area contributed by atoms with Gasteiger partial charge in [0.05, 0.1) is 12.7 Å². The summed E-state index contributed by atoms with van der Waals surface area (Å²) in [6.45, 7) is 5.11. The molecule has 0 saturated carbocycles. The average molecular weight is 274 g/mol. The third-order valence-corrected chi connectivity index (χ3v) is 3.46. The van der Waals surface area contributed by atoms with Gasteiger partial charge in [-0.3, -0.25) is 4.90 Å². The average Bonchev–Trinajstić information content (AvgIpc) is 2.49. The van der Waals surface area contributed by atoms with Crippen molar-refractivity contribution in [2.24, 2.45) is 0 Å². The molecule has 0 aromatic heterocycles. The fourth-order valence-corrected chi connectivity index (χ4v) is 2.43. The minimum atomic E-state index is -0.466. The van der Waals surface area contributed by atoms with E-state index in [4.69, 9.17) is 11.2 Å². The molecule has 108 valence electrons. The van der Waals surface area contributed by atoms with Crippen LogP contribution in [0, 0.1) is 12.3 Å². The molecule has 0 radical (unpaired) electrons. The quantitative estimate of drug-likeness (QED) is 0.615. The molecular formula is C16H22N2O2. The highest BCUT2D eigenvalue weighted by Gasteiger charge is 2.19. The maximum Gasteiger partial charge on any atom is 0.107 e. The highest BCUT2D eigenvalue weighted by atomic mass is 16.5. The smallest absolute Gasteiger partial charge is 0.107 e. The van der Waals surface area contributed by atoms with Crippen molar-refractivity contribution < 1.29 is 9.84 Å². The van der Waals surface area contributed by atoms with Crippen molar-refractivity contribution in [2.45, 2.75) is 6.10 Å². The Morgan fingerprint density at radius 1 is 1.20 bits per heavy atom. The molecule has 1 atom stereocenters. The fourth-order valence-electron chi connectivity index (χ4n) is 2.43. The molecule has 1 heterocycles. The van der Waals surface area contributed by atoms with E-state index in [1.54, 1.807) is 0 Å². The maximum atomic E-state index is 9.86. The van der Waals surface area contributed by atoms with Crippen LogP contribution in [-0.4, -0.2) is 62.0 Å². The normalized spacial score (nSPS) is 17.7. The number of nitrogens with zero attached hydrogens (tertiary/aromatic N) is 2. The Balaban J connectivity index is 1.70. The Hall–Kier alpha value is -1.54. The molecule has 1 unspecified atom stereocenters. The second-order valence-electron chi connectivity index (χ2n) is 5.00. The zero-order valence-electron chi connectivity index (χ0n) is 11.7. The van der Waals surface area contributed by atoms with Crippen LogP contribution in [0.2, 0.25) is 0 Å². The van der Waals surface area contributed by atoms with Crippen molar-refractivity contribution in [1.82, 2.24) is 4.90 Å². The summed E-state index contributed by atoms with van der Waals surface area (Å²) in [5.41, 5.74) is 1.27. The number of aliphatic hydroxyl groups excluding tert-OH is 1. The topological polar surface area (TPSA) is 35.9 Å². The van der Waals surface area contributed by atoms with Gasteiger partial charge in [-0.15, -0.1) is 6.42 Å². The molecule has 2 rings (SSSR count). The molecule has 0 amide bonds. The number of piperazine rings is 1. The number of anilines is 1. The van der Waals surface area contributed by atoms with Gasteiger partial charge < -0.3 is 14.7 Å². The van der Waals surface area contributed by atoms with Gasteiger partial charge in [-0.05, 0) is 12.1 Å². The van der Waals surface area contributed by atoms with Crippen LogP contribution >= 0.6 is 0 Å². The van der Waals surface area contributed by atoms with E-state index < -0.39 is 6.10 Å². The molecule has 1 aromatic carbocycles. The van der Waals surface area contributed by atoms with Gasteiger partial charge in [0.15, 0.2) is 0 Å². The van der Waals surface area contributed by atoms with Crippen LogP contribution in [0.15, 0.2) is 30.3 Å². The second-order valence-corrected chi connectivity index (χ2v) is 5.00. The predicted octanol–water partition coefficient (Wildman–Crippen LogP) is 0.819. The van der Waals surface area contributed by atoms with Crippen molar-refractivity contribution in [2.75, 3.05) is 50.8 Å². The lowest BCUT2D eigenvalue weighted by molar-refractivity contribution is 0.0267. The summed E-state index contributed by atoms with van der Waals surface area (Å²) in [5, 5.41) is 9.86. The Morgan fingerprint density at radius 3 is 2.55 bits per heavy atom. The molecule has 1 N–H and O–H groups in total. The number of rotatable bonds is 6. The number of ether oxygens (including phenoxy) is 1. The van der Waals surface area contributed by atoms with Crippen LogP contribution in [0.5, 0.6) is 0 Å². The highest BCUT2D eigenvalue weighted by molar-refractivity contribution is 5.46. The summed E-state index contributed by atoms with van der Waals surface area (Å²) in [5.74, 6) is 2.40. The number of aliphatic hydroxyl groups is 1. The molecule has 4 heteroatoms. The van der Waals surface area contributed by atoms with Crippen LogP contribution in [0.1, 0.15) is 0 Å². The van der Waals surface area contributed by atoms with E-state index in [2.05, 4.69) is 40.0 Å². The maximum absolute atomic E-state index is 9.86. The Kier molecular flexibility index (Phi) is 5.87. The first-order valence-electron chi connectivity index (χ1n) is 7.01. The minimum Gasteiger partial charge on any atom is -0.389 e. The molecule has 4 nitrogen and oxygen atoms in total. The van der Waals surface area contributed by atoms with Crippen molar-refractivity contribution >= 4 is 5.69 Å².